The molecule has 0 saturated heterocycles. The minimum Gasteiger partial charge on any atom is -0.392 e. The molecular formula is C10H13NO3S3. The van der Waals surface area contributed by atoms with Crippen LogP contribution >= 0.6 is 23.5 Å². The molecule has 0 heterocycles. The van der Waals surface area contributed by atoms with Gasteiger partial charge in [0.2, 0.25) is 0 Å². The van der Waals surface area contributed by atoms with Gasteiger partial charge in [-0.1, -0.05) is 12.1 Å². The molecule has 0 spiro atoms. The molecule has 1 aromatic carbocycles. The third-order valence-corrected chi connectivity index (χ3v) is 5.35. The standard InChI is InChI=1S/C10H13NO3S3/c1-15-10(16-2)11-17(13,14)9-5-3-8(7-12)4-6-9/h3-6,12H,7H2,1-2H3. The van der Waals surface area contributed by atoms with Crippen molar-refractivity contribution in [2.75, 3.05) is 12.5 Å². The van der Waals surface area contributed by atoms with Gasteiger partial charge in [-0.2, -0.15) is 8.42 Å². The summed E-state index contributed by atoms with van der Waals surface area (Å²) in [5.41, 5.74) is 0.669. The maximum absolute atomic E-state index is 11.9. The Hall–Kier alpha value is -0.500. The molecule has 0 radical (unpaired) electrons. The van der Waals surface area contributed by atoms with Crippen LogP contribution in [0.25, 0.3) is 0 Å². The summed E-state index contributed by atoms with van der Waals surface area (Å²) in [6, 6.07) is 6.03. The molecule has 17 heavy (non-hydrogen) atoms. The predicted molar refractivity (Wildman–Crippen MR) is 74.0 cm³/mol. The fourth-order valence-electron chi connectivity index (χ4n) is 1.08. The Bertz CT molecular complexity index is 488. The Morgan fingerprint density at radius 2 is 1.76 bits per heavy atom. The Morgan fingerprint density at radius 3 is 2.18 bits per heavy atom. The summed E-state index contributed by atoms with van der Waals surface area (Å²) in [7, 11) is -3.64. The molecule has 0 aliphatic carbocycles. The van der Waals surface area contributed by atoms with Crippen molar-refractivity contribution < 1.29 is 13.5 Å². The van der Waals surface area contributed by atoms with Crippen molar-refractivity contribution in [2.24, 2.45) is 4.40 Å². The first-order chi connectivity index (χ1) is 8.03. The van der Waals surface area contributed by atoms with Crippen LogP contribution < -0.4 is 0 Å². The first kappa shape index (κ1) is 14.6. The van der Waals surface area contributed by atoms with Gasteiger partial charge in [0.1, 0.15) is 4.38 Å². The highest BCUT2D eigenvalue weighted by Gasteiger charge is 2.13. The summed E-state index contributed by atoms with van der Waals surface area (Å²) < 4.78 is 28.0. The number of benzene rings is 1. The second-order valence-corrected chi connectivity index (χ2v) is 6.49. The highest BCUT2D eigenvalue weighted by molar-refractivity contribution is 8.38. The van der Waals surface area contributed by atoms with Crippen molar-refractivity contribution in [3.8, 4) is 0 Å². The average molecular weight is 291 g/mol. The van der Waals surface area contributed by atoms with Gasteiger partial charge in [-0.3, -0.25) is 0 Å². The maximum Gasteiger partial charge on any atom is 0.283 e. The summed E-state index contributed by atoms with van der Waals surface area (Å²) in [5, 5.41) is 8.87. The lowest BCUT2D eigenvalue weighted by Gasteiger charge is -2.02. The molecule has 4 nitrogen and oxygen atoms in total. The summed E-state index contributed by atoms with van der Waals surface area (Å²) in [4.78, 5) is 0.135. The predicted octanol–water partition coefficient (Wildman–Crippen LogP) is 1.95. The Kier molecular flexibility index (Phi) is 5.51. The van der Waals surface area contributed by atoms with E-state index in [9.17, 15) is 8.42 Å². The zero-order valence-electron chi connectivity index (χ0n) is 9.45. The van der Waals surface area contributed by atoms with Gasteiger partial charge in [0, 0.05) is 0 Å². The molecule has 0 saturated carbocycles. The molecule has 1 rings (SSSR count). The van der Waals surface area contributed by atoms with Crippen LogP contribution in [0.1, 0.15) is 5.56 Å². The first-order valence-corrected chi connectivity index (χ1v) is 8.55. The molecule has 0 aromatic heterocycles. The van der Waals surface area contributed by atoms with Crippen molar-refractivity contribution in [3.05, 3.63) is 29.8 Å². The molecule has 7 heteroatoms. The molecule has 0 aliphatic rings. The van der Waals surface area contributed by atoms with E-state index in [4.69, 9.17) is 5.11 Å². The molecule has 0 bridgehead atoms. The molecule has 0 aliphatic heterocycles. The SMILES string of the molecule is CSC(=NS(=O)(=O)c1ccc(CO)cc1)SC. The second-order valence-electron chi connectivity index (χ2n) is 3.04. The van der Waals surface area contributed by atoms with Gasteiger partial charge in [0.25, 0.3) is 10.0 Å². The lowest BCUT2D eigenvalue weighted by atomic mass is 10.2. The summed E-state index contributed by atoms with van der Waals surface area (Å²) in [5.74, 6) is 0. The van der Waals surface area contributed by atoms with Crippen LogP contribution in [0.2, 0.25) is 0 Å². The average Bonchev–Trinajstić information content (AvgIpc) is 2.36. The lowest BCUT2D eigenvalue weighted by molar-refractivity contribution is 0.282. The minimum absolute atomic E-state index is 0.107. The Labute approximate surface area is 110 Å². The van der Waals surface area contributed by atoms with E-state index in [-0.39, 0.29) is 11.5 Å². The molecule has 0 amide bonds. The topological polar surface area (TPSA) is 66.7 Å². The van der Waals surface area contributed by atoms with E-state index in [0.717, 1.165) is 0 Å². The normalized spacial score (nSPS) is 11.2. The molecule has 0 fully saturated rings. The van der Waals surface area contributed by atoms with Crippen molar-refractivity contribution >= 4 is 37.9 Å². The van der Waals surface area contributed by atoms with Gasteiger partial charge in [-0.25, -0.2) is 0 Å². The highest BCUT2D eigenvalue weighted by Crippen LogP contribution is 2.18. The summed E-state index contributed by atoms with van der Waals surface area (Å²) >= 11 is 2.59. The van der Waals surface area contributed by atoms with Crippen molar-refractivity contribution in [1.82, 2.24) is 0 Å². The van der Waals surface area contributed by atoms with Gasteiger partial charge < -0.3 is 5.11 Å². The maximum atomic E-state index is 11.9. The molecule has 1 N–H and O–H groups in total. The minimum atomic E-state index is -3.64. The van der Waals surface area contributed by atoms with E-state index in [2.05, 4.69) is 4.40 Å². The van der Waals surface area contributed by atoms with E-state index < -0.39 is 10.0 Å². The molecule has 94 valence electrons. The van der Waals surface area contributed by atoms with Gasteiger partial charge >= 0.3 is 0 Å². The Morgan fingerprint density at radius 1 is 1.24 bits per heavy atom. The largest absolute Gasteiger partial charge is 0.392 e. The van der Waals surface area contributed by atoms with Crippen molar-refractivity contribution in [2.45, 2.75) is 11.5 Å². The summed E-state index contributed by atoms with van der Waals surface area (Å²) in [6.07, 6.45) is 3.55. The van der Waals surface area contributed by atoms with Crippen LogP contribution in [0.15, 0.2) is 33.6 Å². The molecular weight excluding hydrogens is 278 g/mol. The zero-order chi connectivity index (χ0) is 12.9. The van der Waals surface area contributed by atoms with Crippen LogP contribution in [0.4, 0.5) is 0 Å². The fourth-order valence-corrected chi connectivity index (χ4v) is 3.71. The van der Waals surface area contributed by atoms with Crippen LogP contribution in [-0.4, -0.2) is 30.4 Å². The zero-order valence-corrected chi connectivity index (χ0v) is 11.9. The van der Waals surface area contributed by atoms with E-state index in [0.29, 0.717) is 9.94 Å². The smallest absolute Gasteiger partial charge is 0.283 e. The van der Waals surface area contributed by atoms with E-state index in [1.165, 1.54) is 35.7 Å². The van der Waals surface area contributed by atoms with Gasteiger partial charge in [-0.15, -0.1) is 27.9 Å². The fraction of sp³-hybridized carbons (Fsp3) is 0.300. The summed E-state index contributed by atoms with van der Waals surface area (Å²) in [6.45, 7) is -0.107. The van der Waals surface area contributed by atoms with Crippen LogP contribution in [0, 0.1) is 0 Å². The third kappa shape index (κ3) is 4.02. The number of hydrogen-bond donors (Lipinski definition) is 1. The highest BCUT2D eigenvalue weighted by atomic mass is 32.2. The van der Waals surface area contributed by atoms with E-state index >= 15 is 0 Å². The number of aliphatic hydroxyl groups excluding tert-OH is 1. The van der Waals surface area contributed by atoms with Crippen molar-refractivity contribution in [3.63, 3.8) is 0 Å². The monoisotopic (exact) mass is 291 g/mol. The van der Waals surface area contributed by atoms with Crippen LogP contribution in [-0.2, 0) is 16.6 Å². The van der Waals surface area contributed by atoms with Gasteiger partial charge in [-0.05, 0) is 30.2 Å². The molecule has 0 unspecified atom stereocenters. The van der Waals surface area contributed by atoms with Gasteiger partial charge in [0.05, 0.1) is 11.5 Å². The third-order valence-electron chi connectivity index (χ3n) is 1.95. The lowest BCUT2D eigenvalue weighted by Crippen LogP contribution is -2.00. The second kappa shape index (κ2) is 6.44. The number of rotatable bonds is 3. The van der Waals surface area contributed by atoms with Crippen LogP contribution in [0.5, 0.6) is 0 Å². The van der Waals surface area contributed by atoms with Crippen LogP contribution in [0.3, 0.4) is 0 Å². The number of nitrogens with zero attached hydrogens (tertiary/aromatic N) is 1. The number of thioether (sulfide) groups is 2. The molecule has 0 atom stereocenters. The van der Waals surface area contributed by atoms with E-state index in [1.807, 2.05) is 0 Å². The molecule has 1 aromatic rings. The first-order valence-electron chi connectivity index (χ1n) is 4.66. The number of sulfonamides is 1. The Balaban J connectivity index is 3.09. The van der Waals surface area contributed by atoms with E-state index in [1.54, 1.807) is 24.6 Å². The number of hydrogen-bond acceptors (Lipinski definition) is 5. The number of aliphatic hydroxyl groups is 1. The quantitative estimate of drug-likeness (QED) is 0.681. The van der Waals surface area contributed by atoms with Gasteiger partial charge in [0.15, 0.2) is 0 Å². The van der Waals surface area contributed by atoms with Crippen molar-refractivity contribution in [1.29, 1.82) is 0 Å².